The number of nitrogens with zero attached hydrogens (tertiary/aromatic N) is 2. The van der Waals surface area contributed by atoms with Gasteiger partial charge in [0.25, 0.3) is 5.91 Å². The molecule has 0 radical (unpaired) electrons. The van der Waals surface area contributed by atoms with Gasteiger partial charge in [0.1, 0.15) is 11.6 Å². The number of nitrogens with one attached hydrogen (secondary N) is 1. The maximum Gasteiger partial charge on any atom is 0.268 e. The second-order valence-electron chi connectivity index (χ2n) is 5.08. The van der Waals surface area contributed by atoms with Gasteiger partial charge in [-0.2, -0.15) is 5.26 Å². The van der Waals surface area contributed by atoms with Crippen LogP contribution >= 0.6 is 27.3 Å². The van der Waals surface area contributed by atoms with E-state index in [0.717, 1.165) is 21.3 Å². The van der Waals surface area contributed by atoms with Crippen molar-refractivity contribution in [3.8, 4) is 17.3 Å². The van der Waals surface area contributed by atoms with Crippen molar-refractivity contribution in [2.45, 2.75) is 0 Å². The van der Waals surface area contributed by atoms with Crippen molar-refractivity contribution in [2.75, 3.05) is 5.32 Å². The Morgan fingerprint density at radius 3 is 2.72 bits per heavy atom. The van der Waals surface area contributed by atoms with E-state index in [1.165, 1.54) is 11.3 Å². The molecular weight excluding hydrogens is 398 g/mol. The molecule has 0 saturated heterocycles. The van der Waals surface area contributed by atoms with Gasteiger partial charge in [-0.1, -0.05) is 58.4 Å². The van der Waals surface area contributed by atoms with Gasteiger partial charge in [0.2, 0.25) is 0 Å². The molecule has 0 aliphatic rings. The Hall–Kier alpha value is -2.75. The summed E-state index contributed by atoms with van der Waals surface area (Å²) in [6, 6.07) is 19.0. The molecule has 1 heterocycles. The second-order valence-corrected chi connectivity index (χ2v) is 6.86. The molecule has 0 saturated carbocycles. The van der Waals surface area contributed by atoms with Crippen LogP contribution in [-0.4, -0.2) is 10.9 Å². The molecule has 0 atom stereocenters. The van der Waals surface area contributed by atoms with Gasteiger partial charge in [-0.15, -0.1) is 11.3 Å². The van der Waals surface area contributed by atoms with E-state index in [0.29, 0.717) is 5.13 Å². The van der Waals surface area contributed by atoms with Gasteiger partial charge in [0, 0.05) is 15.4 Å². The largest absolute Gasteiger partial charge is 0.297 e. The van der Waals surface area contributed by atoms with Crippen LogP contribution in [-0.2, 0) is 4.79 Å². The molecule has 6 heteroatoms. The summed E-state index contributed by atoms with van der Waals surface area (Å²) in [4.78, 5) is 16.7. The van der Waals surface area contributed by atoms with E-state index in [1.54, 1.807) is 6.08 Å². The number of hydrogen-bond donors (Lipinski definition) is 1. The Balaban J connectivity index is 1.77. The summed E-state index contributed by atoms with van der Waals surface area (Å²) in [5.41, 5.74) is 2.56. The Bertz CT molecular complexity index is 974. The van der Waals surface area contributed by atoms with Crippen molar-refractivity contribution < 1.29 is 4.79 Å². The van der Waals surface area contributed by atoms with Crippen molar-refractivity contribution in [1.82, 2.24) is 4.98 Å². The van der Waals surface area contributed by atoms with Crippen LogP contribution in [0.2, 0.25) is 0 Å². The molecule has 1 amide bonds. The number of anilines is 1. The van der Waals surface area contributed by atoms with Gasteiger partial charge in [-0.25, -0.2) is 4.98 Å². The van der Waals surface area contributed by atoms with Crippen LogP contribution in [0.5, 0.6) is 0 Å². The maximum atomic E-state index is 12.3. The van der Waals surface area contributed by atoms with Crippen molar-refractivity contribution in [3.05, 3.63) is 75.6 Å². The molecular formula is C19H12BrN3OS. The minimum Gasteiger partial charge on any atom is -0.297 e. The van der Waals surface area contributed by atoms with Crippen LogP contribution in [0.4, 0.5) is 5.13 Å². The van der Waals surface area contributed by atoms with E-state index in [9.17, 15) is 10.1 Å². The molecule has 1 aromatic heterocycles. The molecule has 0 aliphatic carbocycles. The molecule has 0 fully saturated rings. The zero-order chi connectivity index (χ0) is 17.6. The lowest BCUT2D eigenvalue weighted by molar-refractivity contribution is -0.112. The van der Waals surface area contributed by atoms with Gasteiger partial charge in [-0.3, -0.25) is 10.1 Å². The molecule has 1 N–H and O–H groups in total. The number of thiazole rings is 1. The van der Waals surface area contributed by atoms with Crippen LogP contribution in [0, 0.1) is 11.3 Å². The van der Waals surface area contributed by atoms with E-state index in [2.05, 4.69) is 26.2 Å². The summed E-state index contributed by atoms with van der Waals surface area (Å²) in [5.74, 6) is -0.476. The smallest absolute Gasteiger partial charge is 0.268 e. The highest BCUT2D eigenvalue weighted by molar-refractivity contribution is 9.10. The molecule has 2 aromatic carbocycles. The number of hydrogen-bond acceptors (Lipinski definition) is 4. The minimum absolute atomic E-state index is 0.0227. The summed E-state index contributed by atoms with van der Waals surface area (Å²) in [5, 5.41) is 14.3. The minimum atomic E-state index is -0.476. The standard InChI is InChI=1S/C19H12BrN3OS/c20-16-8-4-5-13(10-16)9-15(11-21)18(24)23-19-22-17(12-25-19)14-6-2-1-3-7-14/h1-10,12H,(H,22,23,24)/b15-9-. The SMILES string of the molecule is N#C/C(=C/c1cccc(Br)c1)C(=O)Nc1nc(-c2ccccc2)cs1. The van der Waals surface area contributed by atoms with E-state index in [1.807, 2.05) is 66.0 Å². The van der Waals surface area contributed by atoms with Gasteiger partial charge < -0.3 is 0 Å². The number of halogens is 1. The van der Waals surface area contributed by atoms with E-state index in [4.69, 9.17) is 0 Å². The van der Waals surface area contributed by atoms with Gasteiger partial charge in [-0.05, 0) is 23.8 Å². The van der Waals surface area contributed by atoms with Crippen LogP contribution in [0.25, 0.3) is 17.3 Å². The van der Waals surface area contributed by atoms with E-state index < -0.39 is 5.91 Å². The molecule has 4 nitrogen and oxygen atoms in total. The lowest BCUT2D eigenvalue weighted by Crippen LogP contribution is -2.13. The molecule has 25 heavy (non-hydrogen) atoms. The average Bonchev–Trinajstić information content (AvgIpc) is 3.09. The third kappa shape index (κ3) is 4.41. The Kier molecular flexibility index (Phi) is 5.39. The fraction of sp³-hybridized carbons (Fsp3) is 0. The summed E-state index contributed by atoms with van der Waals surface area (Å²) in [6.07, 6.45) is 1.55. The average molecular weight is 410 g/mol. The Morgan fingerprint density at radius 1 is 1.20 bits per heavy atom. The lowest BCUT2D eigenvalue weighted by Gasteiger charge is -2.01. The monoisotopic (exact) mass is 409 g/mol. The Morgan fingerprint density at radius 2 is 2.00 bits per heavy atom. The first-order valence-electron chi connectivity index (χ1n) is 7.35. The summed E-state index contributed by atoms with van der Waals surface area (Å²) in [6.45, 7) is 0. The lowest BCUT2D eigenvalue weighted by atomic mass is 10.1. The fourth-order valence-corrected chi connectivity index (χ4v) is 3.28. The van der Waals surface area contributed by atoms with E-state index in [-0.39, 0.29) is 5.57 Å². The fourth-order valence-electron chi connectivity index (χ4n) is 2.15. The number of benzene rings is 2. The van der Waals surface area contributed by atoms with Crippen LogP contribution < -0.4 is 5.32 Å². The maximum absolute atomic E-state index is 12.3. The normalized spacial score (nSPS) is 11.0. The molecule has 0 unspecified atom stereocenters. The number of carbonyl (C=O) groups is 1. The molecule has 0 spiro atoms. The highest BCUT2D eigenvalue weighted by atomic mass is 79.9. The quantitative estimate of drug-likeness (QED) is 0.480. The third-order valence-electron chi connectivity index (χ3n) is 3.32. The molecule has 3 aromatic rings. The molecule has 122 valence electrons. The van der Waals surface area contributed by atoms with Crippen LogP contribution in [0.3, 0.4) is 0 Å². The Labute approximate surface area is 157 Å². The van der Waals surface area contributed by atoms with Crippen molar-refractivity contribution in [2.24, 2.45) is 0 Å². The van der Waals surface area contributed by atoms with Crippen molar-refractivity contribution >= 4 is 44.4 Å². The van der Waals surface area contributed by atoms with Crippen LogP contribution in [0.15, 0.2) is 70.0 Å². The first-order valence-corrected chi connectivity index (χ1v) is 9.02. The van der Waals surface area contributed by atoms with Gasteiger partial charge >= 0.3 is 0 Å². The molecule has 0 aliphatic heterocycles. The summed E-state index contributed by atoms with van der Waals surface area (Å²) in [7, 11) is 0. The first-order chi connectivity index (χ1) is 12.2. The van der Waals surface area contributed by atoms with Gasteiger partial charge in [0.05, 0.1) is 5.69 Å². The highest BCUT2D eigenvalue weighted by Gasteiger charge is 2.12. The number of nitriles is 1. The summed E-state index contributed by atoms with van der Waals surface area (Å²) < 4.78 is 0.881. The number of aromatic nitrogens is 1. The second kappa shape index (κ2) is 7.88. The van der Waals surface area contributed by atoms with Crippen molar-refractivity contribution in [1.29, 1.82) is 5.26 Å². The first kappa shape index (κ1) is 17.1. The number of rotatable bonds is 4. The number of amides is 1. The number of carbonyl (C=O) groups excluding carboxylic acids is 1. The zero-order valence-corrected chi connectivity index (χ0v) is 15.3. The third-order valence-corrected chi connectivity index (χ3v) is 4.57. The van der Waals surface area contributed by atoms with Gasteiger partial charge in [0.15, 0.2) is 5.13 Å². The van der Waals surface area contributed by atoms with E-state index >= 15 is 0 Å². The summed E-state index contributed by atoms with van der Waals surface area (Å²) >= 11 is 4.69. The highest BCUT2D eigenvalue weighted by Crippen LogP contribution is 2.25. The molecule has 0 bridgehead atoms. The predicted molar refractivity (Wildman–Crippen MR) is 104 cm³/mol. The topological polar surface area (TPSA) is 65.8 Å². The predicted octanol–water partition coefficient (Wildman–Crippen LogP) is 5.12. The van der Waals surface area contributed by atoms with Crippen molar-refractivity contribution in [3.63, 3.8) is 0 Å². The molecule has 3 rings (SSSR count). The van der Waals surface area contributed by atoms with Crippen LogP contribution in [0.1, 0.15) is 5.56 Å². The zero-order valence-electron chi connectivity index (χ0n) is 12.9.